The van der Waals surface area contributed by atoms with Crippen LogP contribution in [0.5, 0.6) is 0 Å². The molecule has 0 spiro atoms. The van der Waals surface area contributed by atoms with E-state index in [1.807, 2.05) is 33.6 Å². The molecule has 1 heterocycles. The first-order valence-corrected chi connectivity index (χ1v) is 5.35. The van der Waals surface area contributed by atoms with Gasteiger partial charge in [0.25, 0.3) is 0 Å². The van der Waals surface area contributed by atoms with E-state index in [1.54, 1.807) is 0 Å². The summed E-state index contributed by atoms with van der Waals surface area (Å²) in [5.74, 6) is 2.94. The molecule has 4 heteroatoms. The molecule has 88 valence electrons. The second-order valence-electron chi connectivity index (χ2n) is 3.38. The molecule has 0 amide bonds. The van der Waals surface area contributed by atoms with E-state index in [9.17, 15) is 4.79 Å². The van der Waals surface area contributed by atoms with Crippen LogP contribution in [0, 0.1) is 0 Å². The average Bonchev–Trinajstić information content (AvgIpc) is 2.25. The Morgan fingerprint density at radius 2 is 1.50 bits per heavy atom. The summed E-state index contributed by atoms with van der Waals surface area (Å²) < 4.78 is 10.9. The Balaban J connectivity index is 3.14. The Bertz CT molecular complexity index is 357. The van der Waals surface area contributed by atoms with Crippen molar-refractivity contribution in [2.24, 2.45) is 0 Å². The molecule has 0 unspecified atom stereocenters. The lowest BCUT2D eigenvalue weighted by atomic mass is 10.1. The summed E-state index contributed by atoms with van der Waals surface area (Å²) in [7, 11) is 0. The van der Waals surface area contributed by atoms with Crippen LogP contribution in [0.3, 0.4) is 0 Å². The molecule has 0 fully saturated rings. The minimum absolute atomic E-state index is 0.359. The highest BCUT2D eigenvalue weighted by atomic mass is 16.5. The molecule has 16 heavy (non-hydrogen) atoms. The Labute approximate surface area is 95.6 Å². The molecule has 0 saturated heterocycles. The molecule has 1 aliphatic heterocycles. The van der Waals surface area contributed by atoms with Crippen LogP contribution < -0.4 is 5.32 Å². The smallest absolute Gasteiger partial charge is 0.160 e. The van der Waals surface area contributed by atoms with Gasteiger partial charge in [0.15, 0.2) is 11.5 Å². The van der Waals surface area contributed by atoms with E-state index in [0.717, 1.165) is 11.4 Å². The first-order chi connectivity index (χ1) is 7.65. The van der Waals surface area contributed by atoms with Gasteiger partial charge in [-0.2, -0.15) is 0 Å². The van der Waals surface area contributed by atoms with E-state index < -0.39 is 0 Å². The SMILES string of the molecule is CCOC1=C(C)NC(C)=C(OCC)C1=C=O. The Kier molecular flexibility index (Phi) is 4.20. The minimum atomic E-state index is 0.359. The zero-order valence-electron chi connectivity index (χ0n) is 10.1. The van der Waals surface area contributed by atoms with Gasteiger partial charge in [-0.05, 0) is 27.7 Å². The molecule has 0 aromatic rings. The lowest BCUT2D eigenvalue weighted by Crippen LogP contribution is -2.23. The zero-order chi connectivity index (χ0) is 12.1. The third-order valence-electron chi connectivity index (χ3n) is 2.19. The molecule has 0 radical (unpaired) electrons. The minimum Gasteiger partial charge on any atom is -0.490 e. The second kappa shape index (κ2) is 5.42. The Hall–Kier alpha value is -1.67. The summed E-state index contributed by atoms with van der Waals surface area (Å²) in [5.41, 5.74) is 1.97. The number of allylic oxidation sites excluding steroid dienone is 2. The normalized spacial score (nSPS) is 15.9. The fourth-order valence-corrected chi connectivity index (χ4v) is 1.62. The summed E-state index contributed by atoms with van der Waals surface area (Å²) in [6.07, 6.45) is 0. The molecule has 0 atom stereocenters. The van der Waals surface area contributed by atoms with Gasteiger partial charge in [0, 0.05) is 0 Å². The summed E-state index contributed by atoms with van der Waals surface area (Å²) in [4.78, 5) is 11.0. The van der Waals surface area contributed by atoms with Gasteiger partial charge in [-0.1, -0.05) is 0 Å². The first kappa shape index (κ1) is 12.4. The quantitative estimate of drug-likeness (QED) is 0.739. The van der Waals surface area contributed by atoms with Crippen molar-refractivity contribution < 1.29 is 14.3 Å². The molecule has 0 aromatic heterocycles. The Morgan fingerprint density at radius 3 is 1.81 bits per heavy atom. The van der Waals surface area contributed by atoms with E-state index >= 15 is 0 Å². The van der Waals surface area contributed by atoms with Crippen molar-refractivity contribution in [2.45, 2.75) is 27.7 Å². The number of nitrogens with one attached hydrogen (secondary N) is 1. The molecule has 0 aliphatic carbocycles. The average molecular weight is 223 g/mol. The Morgan fingerprint density at radius 1 is 1.06 bits per heavy atom. The van der Waals surface area contributed by atoms with Crippen molar-refractivity contribution >= 4 is 5.94 Å². The topological polar surface area (TPSA) is 47.6 Å². The van der Waals surface area contributed by atoms with Gasteiger partial charge in [0.2, 0.25) is 0 Å². The molecule has 1 aliphatic rings. The van der Waals surface area contributed by atoms with Crippen LogP contribution in [0.25, 0.3) is 0 Å². The van der Waals surface area contributed by atoms with Gasteiger partial charge in [-0.3, -0.25) is 0 Å². The summed E-state index contributed by atoms with van der Waals surface area (Å²) in [5, 5.41) is 3.12. The van der Waals surface area contributed by atoms with Crippen molar-refractivity contribution in [3.8, 4) is 0 Å². The van der Waals surface area contributed by atoms with Gasteiger partial charge < -0.3 is 14.8 Å². The number of hydrogen-bond donors (Lipinski definition) is 1. The predicted molar refractivity (Wildman–Crippen MR) is 61.0 cm³/mol. The first-order valence-electron chi connectivity index (χ1n) is 5.35. The van der Waals surface area contributed by atoms with Gasteiger partial charge in [-0.15, -0.1) is 0 Å². The third-order valence-corrected chi connectivity index (χ3v) is 2.19. The fourth-order valence-electron chi connectivity index (χ4n) is 1.62. The molecule has 1 N–H and O–H groups in total. The maximum absolute atomic E-state index is 11.0. The van der Waals surface area contributed by atoms with Gasteiger partial charge in [0.05, 0.1) is 24.6 Å². The summed E-state index contributed by atoms with van der Waals surface area (Å²) in [6.45, 7) is 8.45. The maximum Gasteiger partial charge on any atom is 0.160 e. The number of ether oxygens (including phenoxy) is 2. The number of carbonyl (C=O) groups excluding carboxylic acids is 1. The van der Waals surface area contributed by atoms with E-state index in [1.165, 1.54) is 0 Å². The maximum atomic E-state index is 11.0. The molecule has 0 bridgehead atoms. The molecule has 0 saturated carbocycles. The molecular weight excluding hydrogens is 206 g/mol. The molecule has 1 rings (SSSR count). The monoisotopic (exact) mass is 223 g/mol. The number of hydrogen-bond acceptors (Lipinski definition) is 4. The summed E-state index contributed by atoms with van der Waals surface area (Å²) >= 11 is 0. The largest absolute Gasteiger partial charge is 0.490 e. The van der Waals surface area contributed by atoms with Crippen LogP contribution in [-0.4, -0.2) is 19.2 Å². The fraction of sp³-hybridized carbons (Fsp3) is 0.500. The molecule has 0 aromatic carbocycles. The highest BCUT2D eigenvalue weighted by molar-refractivity contribution is 5.69. The van der Waals surface area contributed by atoms with Crippen molar-refractivity contribution in [1.29, 1.82) is 0 Å². The second-order valence-corrected chi connectivity index (χ2v) is 3.38. The van der Waals surface area contributed by atoms with Crippen LogP contribution in [-0.2, 0) is 14.3 Å². The van der Waals surface area contributed by atoms with Crippen molar-refractivity contribution in [2.75, 3.05) is 13.2 Å². The van der Waals surface area contributed by atoms with Gasteiger partial charge >= 0.3 is 0 Å². The van der Waals surface area contributed by atoms with Crippen LogP contribution in [0.15, 0.2) is 28.5 Å². The zero-order valence-corrected chi connectivity index (χ0v) is 10.1. The third kappa shape index (κ3) is 2.28. The van der Waals surface area contributed by atoms with Crippen molar-refractivity contribution in [3.63, 3.8) is 0 Å². The van der Waals surface area contributed by atoms with E-state index in [0.29, 0.717) is 30.3 Å². The molecular formula is C12H17NO3. The van der Waals surface area contributed by atoms with Crippen molar-refractivity contribution in [1.82, 2.24) is 5.32 Å². The highest BCUT2D eigenvalue weighted by Gasteiger charge is 2.25. The van der Waals surface area contributed by atoms with E-state index in [4.69, 9.17) is 9.47 Å². The standard InChI is InChI=1S/C12H17NO3/c1-5-15-11-8(3)13-9(4)12(16-6-2)10(11)7-14/h13H,5-6H2,1-4H3. The van der Waals surface area contributed by atoms with Crippen LogP contribution >= 0.6 is 0 Å². The highest BCUT2D eigenvalue weighted by Crippen LogP contribution is 2.28. The molecule has 4 nitrogen and oxygen atoms in total. The lowest BCUT2D eigenvalue weighted by molar-refractivity contribution is 0.200. The van der Waals surface area contributed by atoms with Crippen LogP contribution in [0.1, 0.15) is 27.7 Å². The van der Waals surface area contributed by atoms with Crippen LogP contribution in [0.4, 0.5) is 0 Å². The van der Waals surface area contributed by atoms with Gasteiger partial charge in [0.1, 0.15) is 11.5 Å². The number of dihydropyridines is 1. The predicted octanol–water partition coefficient (Wildman–Crippen LogP) is 1.88. The van der Waals surface area contributed by atoms with Crippen molar-refractivity contribution in [3.05, 3.63) is 28.5 Å². The number of rotatable bonds is 4. The summed E-state index contributed by atoms with van der Waals surface area (Å²) in [6, 6.07) is 0. The van der Waals surface area contributed by atoms with E-state index in [-0.39, 0.29) is 0 Å². The lowest BCUT2D eigenvalue weighted by Gasteiger charge is -2.24. The van der Waals surface area contributed by atoms with E-state index in [2.05, 4.69) is 5.32 Å². The van der Waals surface area contributed by atoms with Crippen LogP contribution in [0.2, 0.25) is 0 Å². The van der Waals surface area contributed by atoms with Gasteiger partial charge in [-0.25, -0.2) is 4.79 Å².